The van der Waals surface area contributed by atoms with Crippen LogP contribution in [-0.4, -0.2) is 13.4 Å². The zero-order valence-corrected chi connectivity index (χ0v) is 9.57. The number of aldehydes is 1. The van der Waals surface area contributed by atoms with Crippen molar-refractivity contribution in [3.63, 3.8) is 0 Å². The van der Waals surface area contributed by atoms with E-state index in [4.69, 9.17) is 4.74 Å². The largest absolute Gasteiger partial charge is 0.377 e. The summed E-state index contributed by atoms with van der Waals surface area (Å²) >= 11 is 0. The Balaban J connectivity index is 2.75. The molecule has 2 atom stereocenters. The fraction of sp³-hybridized carbons (Fsp3) is 0.462. The second-order valence-corrected chi connectivity index (χ2v) is 3.85. The minimum atomic E-state index is 0.125. The molecule has 82 valence electrons. The number of benzene rings is 1. The maximum Gasteiger partial charge on any atom is 0.120 e. The van der Waals surface area contributed by atoms with E-state index < -0.39 is 0 Å². The van der Waals surface area contributed by atoms with Gasteiger partial charge in [-0.05, 0) is 24.0 Å². The number of ether oxygens (including phenoxy) is 1. The van der Waals surface area contributed by atoms with E-state index in [-0.39, 0.29) is 6.10 Å². The lowest BCUT2D eigenvalue weighted by molar-refractivity contribution is -0.108. The third-order valence-corrected chi connectivity index (χ3v) is 2.78. The summed E-state index contributed by atoms with van der Waals surface area (Å²) in [5, 5.41) is 0. The van der Waals surface area contributed by atoms with E-state index in [2.05, 4.69) is 31.2 Å². The Kier molecular flexibility index (Phi) is 4.50. The van der Waals surface area contributed by atoms with E-state index >= 15 is 0 Å². The molecule has 0 saturated carbocycles. The molecule has 15 heavy (non-hydrogen) atoms. The zero-order chi connectivity index (χ0) is 11.3. The van der Waals surface area contributed by atoms with Crippen LogP contribution in [0.2, 0.25) is 0 Å². The van der Waals surface area contributed by atoms with E-state index in [1.54, 1.807) is 7.11 Å². The van der Waals surface area contributed by atoms with Crippen molar-refractivity contribution in [2.24, 2.45) is 0 Å². The lowest BCUT2D eigenvalue weighted by Gasteiger charge is -2.12. The monoisotopic (exact) mass is 206 g/mol. The third kappa shape index (κ3) is 3.17. The minimum absolute atomic E-state index is 0.125. The molecule has 0 amide bonds. The van der Waals surface area contributed by atoms with Gasteiger partial charge in [-0.15, -0.1) is 0 Å². The predicted octanol–water partition coefficient (Wildman–Crippen LogP) is 3.09. The molecule has 0 fully saturated rings. The van der Waals surface area contributed by atoms with E-state index in [0.717, 1.165) is 6.29 Å². The van der Waals surface area contributed by atoms with Gasteiger partial charge in [-0.25, -0.2) is 0 Å². The van der Waals surface area contributed by atoms with Crippen LogP contribution in [0.1, 0.15) is 43.4 Å². The fourth-order valence-electron chi connectivity index (χ4n) is 1.51. The van der Waals surface area contributed by atoms with Crippen LogP contribution in [-0.2, 0) is 9.53 Å². The third-order valence-electron chi connectivity index (χ3n) is 2.78. The molecule has 0 saturated heterocycles. The summed E-state index contributed by atoms with van der Waals surface area (Å²) in [5.74, 6) is 0.300. The Hall–Kier alpha value is -1.15. The maximum absolute atomic E-state index is 10.4. The van der Waals surface area contributed by atoms with E-state index in [1.165, 1.54) is 11.1 Å². The first kappa shape index (κ1) is 11.9. The highest BCUT2D eigenvalue weighted by Crippen LogP contribution is 2.21. The smallest absolute Gasteiger partial charge is 0.120 e. The number of hydrogen-bond acceptors (Lipinski definition) is 2. The highest BCUT2D eigenvalue weighted by Gasteiger charge is 2.06. The Morgan fingerprint density at radius 2 is 1.73 bits per heavy atom. The molecule has 0 radical (unpaired) electrons. The highest BCUT2D eigenvalue weighted by molar-refractivity contribution is 5.51. The van der Waals surface area contributed by atoms with Gasteiger partial charge in [0.2, 0.25) is 0 Å². The Labute approximate surface area is 91.3 Å². The average Bonchev–Trinajstić information content (AvgIpc) is 2.28. The number of rotatable bonds is 5. The second-order valence-electron chi connectivity index (χ2n) is 3.85. The first-order chi connectivity index (χ1) is 7.19. The van der Waals surface area contributed by atoms with Crippen molar-refractivity contribution in [3.8, 4) is 0 Å². The van der Waals surface area contributed by atoms with Gasteiger partial charge >= 0.3 is 0 Å². The van der Waals surface area contributed by atoms with Crippen molar-refractivity contribution in [1.29, 1.82) is 0 Å². The molecule has 1 rings (SSSR count). The van der Waals surface area contributed by atoms with Gasteiger partial charge in [-0.2, -0.15) is 0 Å². The molecule has 1 aromatic rings. The van der Waals surface area contributed by atoms with Crippen LogP contribution in [0.15, 0.2) is 24.3 Å². The van der Waals surface area contributed by atoms with Gasteiger partial charge in [0.1, 0.15) is 6.29 Å². The summed E-state index contributed by atoms with van der Waals surface area (Å²) in [4.78, 5) is 10.4. The summed E-state index contributed by atoms with van der Waals surface area (Å²) < 4.78 is 5.23. The predicted molar refractivity (Wildman–Crippen MR) is 61.0 cm³/mol. The van der Waals surface area contributed by atoms with Gasteiger partial charge < -0.3 is 9.53 Å². The molecule has 2 heteroatoms. The van der Waals surface area contributed by atoms with E-state index in [1.807, 2.05) is 6.92 Å². The molecular formula is C13H18O2. The van der Waals surface area contributed by atoms with E-state index in [9.17, 15) is 4.79 Å². The molecule has 2 nitrogen and oxygen atoms in total. The van der Waals surface area contributed by atoms with Gasteiger partial charge in [-0.3, -0.25) is 0 Å². The molecule has 2 unspecified atom stereocenters. The molecule has 0 N–H and O–H groups in total. The summed E-state index contributed by atoms with van der Waals surface area (Å²) in [6, 6.07) is 8.26. The first-order valence-electron chi connectivity index (χ1n) is 5.25. The highest BCUT2D eigenvalue weighted by atomic mass is 16.5. The number of methoxy groups -OCH3 is 1. The lowest BCUT2D eigenvalue weighted by atomic mass is 9.96. The van der Waals surface area contributed by atoms with Crippen molar-refractivity contribution in [2.75, 3.05) is 7.11 Å². The minimum Gasteiger partial charge on any atom is -0.377 e. The summed E-state index contributed by atoms with van der Waals surface area (Å²) in [6.07, 6.45) is 1.68. The van der Waals surface area contributed by atoms with Crippen LogP contribution in [0.4, 0.5) is 0 Å². The number of carbonyl (C=O) groups excluding carboxylic acids is 1. The summed E-state index contributed by atoms with van der Waals surface area (Å²) in [5.41, 5.74) is 2.37. The molecule has 0 spiro atoms. The van der Waals surface area contributed by atoms with Crippen LogP contribution >= 0.6 is 0 Å². The molecule has 1 aromatic carbocycles. The number of carbonyl (C=O) groups is 1. The van der Waals surface area contributed by atoms with Gasteiger partial charge in [0.05, 0.1) is 6.10 Å². The van der Waals surface area contributed by atoms with Crippen LogP contribution < -0.4 is 0 Å². The van der Waals surface area contributed by atoms with Crippen molar-refractivity contribution >= 4 is 6.29 Å². The van der Waals surface area contributed by atoms with Gasteiger partial charge in [0.15, 0.2) is 0 Å². The lowest BCUT2D eigenvalue weighted by Crippen LogP contribution is -1.98. The van der Waals surface area contributed by atoms with Gasteiger partial charge in [-0.1, -0.05) is 31.2 Å². The van der Waals surface area contributed by atoms with Crippen molar-refractivity contribution < 1.29 is 9.53 Å². The van der Waals surface area contributed by atoms with Crippen LogP contribution in [0.5, 0.6) is 0 Å². The SMILES string of the molecule is COC(C)c1ccc(C(C)CC=O)cc1. The topological polar surface area (TPSA) is 26.3 Å². The van der Waals surface area contributed by atoms with Crippen molar-refractivity contribution in [3.05, 3.63) is 35.4 Å². The first-order valence-corrected chi connectivity index (χ1v) is 5.25. The van der Waals surface area contributed by atoms with Crippen LogP contribution in [0.3, 0.4) is 0 Å². The summed E-state index contributed by atoms with van der Waals surface area (Å²) in [6.45, 7) is 4.08. The Bertz CT molecular complexity index is 303. The van der Waals surface area contributed by atoms with Crippen molar-refractivity contribution in [2.45, 2.75) is 32.3 Å². The molecule has 0 aliphatic rings. The maximum atomic E-state index is 10.4. The second kappa shape index (κ2) is 5.66. The standard InChI is InChI=1S/C13H18O2/c1-10(8-9-14)12-4-6-13(7-5-12)11(2)15-3/h4-7,9-11H,8H2,1-3H3. The average molecular weight is 206 g/mol. The quantitative estimate of drug-likeness (QED) is 0.692. The van der Waals surface area contributed by atoms with Gasteiger partial charge in [0, 0.05) is 13.5 Å². The van der Waals surface area contributed by atoms with Gasteiger partial charge in [0.25, 0.3) is 0 Å². The molecule has 0 heterocycles. The molecular weight excluding hydrogens is 188 g/mol. The fourth-order valence-corrected chi connectivity index (χ4v) is 1.51. The molecule has 0 aliphatic carbocycles. The van der Waals surface area contributed by atoms with E-state index in [0.29, 0.717) is 12.3 Å². The molecule has 0 aliphatic heterocycles. The van der Waals surface area contributed by atoms with Crippen molar-refractivity contribution in [1.82, 2.24) is 0 Å². The Morgan fingerprint density at radius 3 is 2.20 bits per heavy atom. The molecule has 0 aromatic heterocycles. The molecule has 0 bridgehead atoms. The van der Waals surface area contributed by atoms with Crippen LogP contribution in [0.25, 0.3) is 0 Å². The summed E-state index contributed by atoms with van der Waals surface area (Å²) in [7, 11) is 1.70. The Morgan fingerprint density at radius 1 is 1.20 bits per heavy atom. The zero-order valence-electron chi connectivity index (χ0n) is 9.57. The van der Waals surface area contributed by atoms with Crippen LogP contribution in [0, 0.1) is 0 Å². The number of hydrogen-bond donors (Lipinski definition) is 0. The normalized spacial score (nSPS) is 14.6.